The van der Waals surface area contributed by atoms with Gasteiger partial charge in [-0.05, 0) is 60.5 Å². The van der Waals surface area contributed by atoms with E-state index >= 15 is 0 Å². The third-order valence-electron chi connectivity index (χ3n) is 3.91. The minimum absolute atomic E-state index is 0.0829. The number of nitrogens with zero attached hydrogens (tertiary/aromatic N) is 1. The van der Waals surface area contributed by atoms with Crippen LogP contribution in [0.4, 0.5) is 0 Å². The molecule has 134 valence electrons. The maximum atomic E-state index is 11.9. The van der Waals surface area contributed by atoms with E-state index in [0.29, 0.717) is 6.61 Å². The van der Waals surface area contributed by atoms with Crippen molar-refractivity contribution >= 4 is 17.9 Å². The van der Waals surface area contributed by atoms with Crippen LogP contribution in [0, 0.1) is 6.92 Å². The van der Waals surface area contributed by atoms with Gasteiger partial charge in [0.15, 0.2) is 5.78 Å². The van der Waals surface area contributed by atoms with Gasteiger partial charge in [0.05, 0.1) is 5.69 Å². The van der Waals surface area contributed by atoms with Gasteiger partial charge in [0, 0.05) is 6.20 Å². The molecular formula is C24H21NO2. The highest BCUT2D eigenvalue weighted by molar-refractivity contribution is 6.04. The first-order chi connectivity index (χ1) is 13.2. The molecule has 1 aromatic heterocycles. The van der Waals surface area contributed by atoms with E-state index in [9.17, 15) is 4.79 Å². The van der Waals surface area contributed by atoms with Crippen molar-refractivity contribution in [2.24, 2.45) is 0 Å². The second-order valence-corrected chi connectivity index (χ2v) is 6.17. The molecule has 0 aliphatic carbocycles. The van der Waals surface area contributed by atoms with Gasteiger partial charge < -0.3 is 4.74 Å². The second-order valence-electron chi connectivity index (χ2n) is 6.17. The number of ether oxygens (including phenoxy) is 1. The zero-order valence-corrected chi connectivity index (χ0v) is 15.2. The number of ketones is 1. The van der Waals surface area contributed by atoms with Crippen molar-refractivity contribution in [1.29, 1.82) is 0 Å². The van der Waals surface area contributed by atoms with Crippen molar-refractivity contribution in [1.82, 2.24) is 4.98 Å². The quantitative estimate of drug-likeness (QED) is 0.542. The molecule has 0 unspecified atom stereocenters. The largest absolute Gasteiger partial charge is 0.489 e. The maximum absolute atomic E-state index is 11.9. The smallest absolute Gasteiger partial charge is 0.178 e. The lowest BCUT2D eigenvalue weighted by molar-refractivity contribution is -0.110. The van der Waals surface area contributed by atoms with Crippen LogP contribution in [0.3, 0.4) is 0 Å². The van der Waals surface area contributed by atoms with Gasteiger partial charge in [0.2, 0.25) is 0 Å². The van der Waals surface area contributed by atoms with E-state index in [1.807, 2.05) is 54.6 Å². The van der Waals surface area contributed by atoms with E-state index in [4.69, 9.17) is 4.74 Å². The monoisotopic (exact) mass is 355 g/mol. The van der Waals surface area contributed by atoms with Crippen LogP contribution in [-0.2, 0) is 11.4 Å². The summed E-state index contributed by atoms with van der Waals surface area (Å²) in [6.07, 6.45) is 8.24. The van der Waals surface area contributed by atoms with Crippen molar-refractivity contribution in [2.45, 2.75) is 13.5 Å². The van der Waals surface area contributed by atoms with Crippen LogP contribution in [0.5, 0.6) is 5.75 Å². The average Bonchev–Trinajstić information content (AvgIpc) is 2.71. The van der Waals surface area contributed by atoms with Crippen LogP contribution in [0.1, 0.15) is 22.4 Å². The normalized spacial score (nSPS) is 11.1. The number of rotatable bonds is 7. The minimum atomic E-state index is -0.0829. The lowest BCUT2D eigenvalue weighted by atomic mass is 10.1. The molecule has 0 atom stereocenters. The van der Waals surface area contributed by atoms with Crippen molar-refractivity contribution in [3.05, 3.63) is 107 Å². The Morgan fingerprint density at radius 1 is 0.963 bits per heavy atom. The first-order valence-corrected chi connectivity index (χ1v) is 8.79. The molecular weight excluding hydrogens is 334 g/mol. The highest BCUT2D eigenvalue weighted by Crippen LogP contribution is 2.15. The van der Waals surface area contributed by atoms with Crippen molar-refractivity contribution < 1.29 is 9.53 Å². The molecule has 2 aromatic carbocycles. The Hall–Kier alpha value is -3.46. The predicted molar refractivity (Wildman–Crippen MR) is 109 cm³/mol. The topological polar surface area (TPSA) is 39.2 Å². The first kappa shape index (κ1) is 18.3. The van der Waals surface area contributed by atoms with Gasteiger partial charge in [-0.1, -0.05) is 54.1 Å². The number of carbonyl (C=O) groups is 1. The summed E-state index contributed by atoms with van der Waals surface area (Å²) >= 11 is 0. The molecule has 0 spiro atoms. The number of benzene rings is 2. The second kappa shape index (κ2) is 9.30. The van der Waals surface area contributed by atoms with E-state index < -0.39 is 0 Å². The Labute approximate surface area is 159 Å². The number of aryl methyl sites for hydroxylation is 1. The predicted octanol–water partition coefficient (Wildman–Crippen LogP) is 5.26. The van der Waals surface area contributed by atoms with E-state index in [-0.39, 0.29) is 5.78 Å². The number of pyridine rings is 1. The molecule has 3 aromatic rings. The number of aromatic nitrogens is 1. The fourth-order valence-corrected chi connectivity index (χ4v) is 2.52. The van der Waals surface area contributed by atoms with Crippen molar-refractivity contribution in [3.8, 4) is 5.75 Å². The van der Waals surface area contributed by atoms with E-state index in [1.54, 1.807) is 24.4 Å². The first-order valence-electron chi connectivity index (χ1n) is 8.79. The maximum Gasteiger partial charge on any atom is 0.178 e. The summed E-state index contributed by atoms with van der Waals surface area (Å²) in [5, 5.41) is 0. The molecule has 1 heterocycles. The van der Waals surface area contributed by atoms with Crippen LogP contribution in [0.2, 0.25) is 0 Å². The van der Waals surface area contributed by atoms with Gasteiger partial charge in [-0.3, -0.25) is 9.78 Å². The highest BCUT2D eigenvalue weighted by Gasteiger charge is 1.97. The average molecular weight is 355 g/mol. The molecule has 0 N–H and O–H groups in total. The molecule has 0 radical (unpaired) electrons. The third kappa shape index (κ3) is 6.08. The Morgan fingerprint density at radius 2 is 1.78 bits per heavy atom. The van der Waals surface area contributed by atoms with Crippen LogP contribution < -0.4 is 4.74 Å². The zero-order chi connectivity index (χ0) is 18.9. The van der Waals surface area contributed by atoms with Crippen LogP contribution in [0.15, 0.2) is 85.1 Å². The van der Waals surface area contributed by atoms with E-state index in [1.165, 1.54) is 11.6 Å². The van der Waals surface area contributed by atoms with Gasteiger partial charge >= 0.3 is 0 Å². The SMILES string of the molecule is Cc1cccc(COc2ccc(C=CC(=O)C=Cc3ccccn3)cc2)c1. The number of hydrogen-bond acceptors (Lipinski definition) is 3. The molecule has 3 rings (SSSR count). The standard InChI is InChI=1S/C24H21NO2/c1-19-5-4-6-21(17-19)18-27-24-14-9-20(10-15-24)8-12-23(26)13-11-22-7-2-3-16-25-22/h2-17H,18H2,1H3. The molecule has 0 saturated carbocycles. The Bertz CT molecular complexity index is 942. The fourth-order valence-electron chi connectivity index (χ4n) is 2.52. The molecule has 0 saturated heterocycles. The van der Waals surface area contributed by atoms with E-state index in [2.05, 4.69) is 24.0 Å². The molecule has 0 aliphatic rings. The number of hydrogen-bond donors (Lipinski definition) is 0. The lowest BCUT2D eigenvalue weighted by Gasteiger charge is -2.07. The lowest BCUT2D eigenvalue weighted by Crippen LogP contribution is -1.95. The molecule has 0 bridgehead atoms. The summed E-state index contributed by atoms with van der Waals surface area (Å²) in [7, 11) is 0. The van der Waals surface area contributed by atoms with Crippen LogP contribution in [0.25, 0.3) is 12.2 Å². The Kier molecular flexibility index (Phi) is 6.31. The molecule has 0 aliphatic heterocycles. The molecule has 0 amide bonds. The summed E-state index contributed by atoms with van der Waals surface area (Å²) in [5.41, 5.74) is 4.06. The van der Waals surface area contributed by atoms with Crippen LogP contribution >= 0.6 is 0 Å². The molecule has 0 fully saturated rings. The number of carbonyl (C=O) groups excluding carboxylic acids is 1. The number of allylic oxidation sites excluding steroid dienone is 2. The van der Waals surface area contributed by atoms with Gasteiger partial charge in [0.25, 0.3) is 0 Å². The van der Waals surface area contributed by atoms with Crippen LogP contribution in [-0.4, -0.2) is 10.8 Å². The Balaban J connectivity index is 1.53. The van der Waals surface area contributed by atoms with Gasteiger partial charge in [-0.15, -0.1) is 0 Å². The minimum Gasteiger partial charge on any atom is -0.489 e. The summed E-state index contributed by atoms with van der Waals surface area (Å²) in [6, 6.07) is 21.5. The van der Waals surface area contributed by atoms with Crippen molar-refractivity contribution in [3.63, 3.8) is 0 Å². The summed E-state index contributed by atoms with van der Waals surface area (Å²) in [6.45, 7) is 2.60. The summed E-state index contributed by atoms with van der Waals surface area (Å²) in [5.74, 6) is 0.718. The zero-order valence-electron chi connectivity index (χ0n) is 15.2. The van der Waals surface area contributed by atoms with Gasteiger partial charge in [0.1, 0.15) is 12.4 Å². The van der Waals surface area contributed by atoms with Gasteiger partial charge in [-0.2, -0.15) is 0 Å². The fraction of sp³-hybridized carbons (Fsp3) is 0.0833. The molecule has 3 heteroatoms. The summed E-state index contributed by atoms with van der Waals surface area (Å²) in [4.78, 5) is 16.1. The van der Waals surface area contributed by atoms with Crippen molar-refractivity contribution in [2.75, 3.05) is 0 Å². The van der Waals surface area contributed by atoms with Gasteiger partial charge in [-0.25, -0.2) is 0 Å². The summed E-state index contributed by atoms with van der Waals surface area (Å²) < 4.78 is 5.81. The Morgan fingerprint density at radius 3 is 2.52 bits per heavy atom. The molecule has 27 heavy (non-hydrogen) atoms. The third-order valence-corrected chi connectivity index (χ3v) is 3.91. The highest BCUT2D eigenvalue weighted by atomic mass is 16.5. The molecule has 3 nitrogen and oxygen atoms in total. The van der Waals surface area contributed by atoms with E-state index in [0.717, 1.165) is 22.6 Å².